The lowest BCUT2D eigenvalue weighted by atomic mass is 10.0. The molecule has 1 aromatic heterocycles. The molecular formula is C16H27N3. The number of hydrogen-bond donors (Lipinski definition) is 2. The summed E-state index contributed by atoms with van der Waals surface area (Å²) in [4.78, 5) is 4.43. The predicted octanol–water partition coefficient (Wildman–Crippen LogP) is 4.63. The van der Waals surface area contributed by atoms with E-state index < -0.39 is 0 Å². The molecule has 3 heteroatoms. The highest BCUT2D eigenvalue weighted by molar-refractivity contribution is 6.02. The van der Waals surface area contributed by atoms with Crippen LogP contribution in [0, 0.1) is 5.41 Å². The van der Waals surface area contributed by atoms with Crippen LogP contribution in [0.5, 0.6) is 0 Å². The van der Waals surface area contributed by atoms with E-state index >= 15 is 0 Å². The molecule has 106 valence electrons. The molecule has 0 aliphatic carbocycles. The van der Waals surface area contributed by atoms with E-state index in [1.807, 2.05) is 19.1 Å². The van der Waals surface area contributed by atoms with Crippen LogP contribution in [0.15, 0.2) is 18.3 Å². The SMILES string of the molecule is CCCCC(CCC)Nc1ncccc1C(=N)CC. The minimum Gasteiger partial charge on any atom is -0.367 e. The number of unbranched alkanes of at least 4 members (excludes halogenated alkanes) is 1. The summed E-state index contributed by atoms with van der Waals surface area (Å²) in [5.74, 6) is 0.879. The Hall–Kier alpha value is -1.38. The predicted molar refractivity (Wildman–Crippen MR) is 83.2 cm³/mol. The van der Waals surface area contributed by atoms with Gasteiger partial charge in [0.05, 0.1) is 0 Å². The maximum absolute atomic E-state index is 8.02. The standard InChI is InChI=1S/C16H27N3/c1-4-7-10-13(9-5-2)19-16-14(15(17)6-3)11-8-12-18-16/h8,11-13,17H,4-7,9-10H2,1-3H3,(H,18,19). The average molecular weight is 261 g/mol. The van der Waals surface area contributed by atoms with E-state index in [1.54, 1.807) is 6.20 Å². The summed E-state index contributed by atoms with van der Waals surface area (Å²) in [6, 6.07) is 4.37. The van der Waals surface area contributed by atoms with Gasteiger partial charge in [-0.25, -0.2) is 4.98 Å². The molecule has 0 fully saturated rings. The molecule has 0 aliphatic heterocycles. The lowest BCUT2D eigenvalue weighted by Gasteiger charge is -2.20. The fourth-order valence-electron chi connectivity index (χ4n) is 2.24. The van der Waals surface area contributed by atoms with Gasteiger partial charge in [0.25, 0.3) is 0 Å². The number of rotatable bonds is 9. The first-order chi connectivity index (χ1) is 9.22. The minimum absolute atomic E-state index is 0.475. The third-order valence-corrected chi connectivity index (χ3v) is 3.37. The van der Waals surface area contributed by atoms with Crippen LogP contribution in [0.25, 0.3) is 0 Å². The van der Waals surface area contributed by atoms with Gasteiger partial charge in [0.2, 0.25) is 0 Å². The smallest absolute Gasteiger partial charge is 0.135 e. The molecule has 1 atom stereocenters. The monoisotopic (exact) mass is 261 g/mol. The molecule has 1 rings (SSSR count). The van der Waals surface area contributed by atoms with Crippen molar-refractivity contribution < 1.29 is 0 Å². The Balaban J connectivity index is 2.80. The van der Waals surface area contributed by atoms with Crippen LogP contribution in [0.1, 0.15) is 64.9 Å². The summed E-state index contributed by atoms with van der Waals surface area (Å²) in [5.41, 5.74) is 1.60. The number of pyridine rings is 1. The molecule has 1 unspecified atom stereocenters. The third kappa shape index (κ3) is 5.01. The van der Waals surface area contributed by atoms with Gasteiger partial charge in [0, 0.05) is 23.5 Å². The van der Waals surface area contributed by atoms with E-state index in [0.717, 1.165) is 24.2 Å². The number of nitrogens with one attached hydrogen (secondary N) is 2. The molecule has 0 saturated heterocycles. The highest BCUT2D eigenvalue weighted by atomic mass is 15.0. The lowest BCUT2D eigenvalue weighted by molar-refractivity contribution is 0.563. The van der Waals surface area contributed by atoms with Gasteiger partial charge in [-0.15, -0.1) is 0 Å². The summed E-state index contributed by atoms with van der Waals surface area (Å²) in [7, 11) is 0. The van der Waals surface area contributed by atoms with Crippen molar-refractivity contribution >= 4 is 11.5 Å². The average Bonchev–Trinajstić information content (AvgIpc) is 2.44. The number of nitrogens with zero attached hydrogens (tertiary/aromatic N) is 1. The zero-order valence-electron chi connectivity index (χ0n) is 12.5. The summed E-state index contributed by atoms with van der Waals surface area (Å²) in [5, 5.41) is 11.6. The Morgan fingerprint density at radius 2 is 2.05 bits per heavy atom. The van der Waals surface area contributed by atoms with Gasteiger partial charge in [-0.05, 0) is 31.4 Å². The fourth-order valence-corrected chi connectivity index (χ4v) is 2.24. The molecule has 0 aromatic carbocycles. The van der Waals surface area contributed by atoms with Crippen molar-refractivity contribution in [1.82, 2.24) is 4.98 Å². The van der Waals surface area contributed by atoms with Crippen molar-refractivity contribution in [3.05, 3.63) is 23.9 Å². The first-order valence-electron chi connectivity index (χ1n) is 7.52. The lowest BCUT2D eigenvalue weighted by Crippen LogP contribution is -2.21. The topological polar surface area (TPSA) is 48.8 Å². The van der Waals surface area contributed by atoms with Crippen molar-refractivity contribution in [1.29, 1.82) is 5.41 Å². The van der Waals surface area contributed by atoms with Crippen molar-refractivity contribution in [2.75, 3.05) is 5.32 Å². The van der Waals surface area contributed by atoms with Gasteiger partial charge in [-0.3, -0.25) is 0 Å². The van der Waals surface area contributed by atoms with E-state index in [1.165, 1.54) is 25.7 Å². The van der Waals surface area contributed by atoms with Gasteiger partial charge < -0.3 is 10.7 Å². The first kappa shape index (κ1) is 15.7. The zero-order valence-corrected chi connectivity index (χ0v) is 12.5. The number of hydrogen-bond acceptors (Lipinski definition) is 3. The van der Waals surface area contributed by atoms with E-state index in [-0.39, 0.29) is 0 Å². The second-order valence-corrected chi connectivity index (χ2v) is 5.00. The van der Waals surface area contributed by atoms with Crippen LogP contribution in [0.2, 0.25) is 0 Å². The van der Waals surface area contributed by atoms with Crippen LogP contribution < -0.4 is 5.32 Å². The third-order valence-electron chi connectivity index (χ3n) is 3.37. The van der Waals surface area contributed by atoms with Crippen molar-refractivity contribution in [3.8, 4) is 0 Å². The molecule has 0 saturated carbocycles. The molecule has 2 N–H and O–H groups in total. The van der Waals surface area contributed by atoms with Crippen LogP contribution in [-0.2, 0) is 0 Å². The van der Waals surface area contributed by atoms with Gasteiger partial charge in [0.15, 0.2) is 0 Å². The van der Waals surface area contributed by atoms with Gasteiger partial charge >= 0.3 is 0 Å². The Morgan fingerprint density at radius 3 is 2.68 bits per heavy atom. The molecule has 3 nitrogen and oxygen atoms in total. The second-order valence-electron chi connectivity index (χ2n) is 5.00. The molecule has 0 amide bonds. The van der Waals surface area contributed by atoms with E-state index in [9.17, 15) is 0 Å². The first-order valence-corrected chi connectivity index (χ1v) is 7.52. The van der Waals surface area contributed by atoms with Crippen molar-refractivity contribution in [3.63, 3.8) is 0 Å². The molecule has 1 aromatic rings. The normalized spacial score (nSPS) is 12.2. The van der Waals surface area contributed by atoms with E-state index in [4.69, 9.17) is 5.41 Å². The van der Waals surface area contributed by atoms with Crippen LogP contribution >= 0.6 is 0 Å². The second kappa shape index (κ2) is 8.68. The highest BCUT2D eigenvalue weighted by Gasteiger charge is 2.12. The van der Waals surface area contributed by atoms with Gasteiger partial charge in [-0.2, -0.15) is 0 Å². The van der Waals surface area contributed by atoms with E-state index in [2.05, 4.69) is 24.1 Å². The molecule has 0 bridgehead atoms. The highest BCUT2D eigenvalue weighted by Crippen LogP contribution is 2.18. The Labute approximate surface area is 117 Å². The minimum atomic E-state index is 0.475. The molecule has 0 spiro atoms. The van der Waals surface area contributed by atoms with Gasteiger partial charge in [-0.1, -0.05) is 40.0 Å². The summed E-state index contributed by atoms with van der Waals surface area (Å²) >= 11 is 0. The summed E-state index contributed by atoms with van der Waals surface area (Å²) in [6.07, 6.45) is 8.53. The zero-order chi connectivity index (χ0) is 14.1. The molecule has 0 aliphatic rings. The van der Waals surface area contributed by atoms with E-state index in [0.29, 0.717) is 11.8 Å². The summed E-state index contributed by atoms with van der Waals surface area (Å²) < 4.78 is 0. The van der Waals surface area contributed by atoms with Crippen LogP contribution in [0.3, 0.4) is 0 Å². The Morgan fingerprint density at radius 1 is 1.26 bits per heavy atom. The molecular weight excluding hydrogens is 234 g/mol. The van der Waals surface area contributed by atoms with Crippen molar-refractivity contribution in [2.45, 2.75) is 65.3 Å². The maximum Gasteiger partial charge on any atom is 0.135 e. The van der Waals surface area contributed by atoms with Crippen LogP contribution in [-0.4, -0.2) is 16.7 Å². The van der Waals surface area contributed by atoms with Crippen molar-refractivity contribution in [2.24, 2.45) is 0 Å². The maximum atomic E-state index is 8.02. The van der Waals surface area contributed by atoms with Gasteiger partial charge in [0.1, 0.15) is 5.82 Å². The summed E-state index contributed by atoms with van der Waals surface area (Å²) in [6.45, 7) is 6.45. The molecule has 19 heavy (non-hydrogen) atoms. The largest absolute Gasteiger partial charge is 0.367 e. The Kier molecular flexibility index (Phi) is 7.16. The number of anilines is 1. The van der Waals surface area contributed by atoms with Crippen LogP contribution in [0.4, 0.5) is 5.82 Å². The fraction of sp³-hybridized carbons (Fsp3) is 0.625. The Bertz CT molecular complexity index is 387. The number of aromatic nitrogens is 1. The quantitative estimate of drug-likeness (QED) is 0.637. The molecule has 0 radical (unpaired) electrons. The molecule has 1 heterocycles.